The molecule has 5 nitrogen and oxygen atoms in total. The Morgan fingerprint density at radius 1 is 1.29 bits per heavy atom. The lowest BCUT2D eigenvalue weighted by atomic mass is 10.2. The molecule has 110 valence electrons. The Balaban J connectivity index is 1.97. The van der Waals surface area contributed by atoms with E-state index in [1.54, 1.807) is 12.1 Å². The summed E-state index contributed by atoms with van der Waals surface area (Å²) >= 11 is 10.4. The lowest BCUT2D eigenvalue weighted by molar-refractivity contribution is 0.0697. The molecule has 8 heteroatoms. The van der Waals surface area contributed by atoms with Gasteiger partial charge in [-0.2, -0.15) is 0 Å². The molecule has 0 bridgehead atoms. The summed E-state index contributed by atoms with van der Waals surface area (Å²) in [5, 5.41) is 14.2. The van der Waals surface area contributed by atoms with Gasteiger partial charge in [0.1, 0.15) is 0 Å². The zero-order valence-corrected chi connectivity index (χ0v) is 13.7. The molecule has 1 heterocycles. The average Bonchev–Trinajstić information content (AvgIpc) is 2.81. The van der Waals surface area contributed by atoms with Gasteiger partial charge < -0.3 is 15.7 Å². The number of rotatable bonds is 4. The summed E-state index contributed by atoms with van der Waals surface area (Å²) in [6, 6.07) is 7.62. The molecule has 1 aromatic heterocycles. The standard InChI is InChI=1S/C13H10BrClN2O3S/c14-8-3-7(12(18)19)4-9(5-8)17-13(20)16-6-10-1-2-11(15)21-10/h1-5H,6H2,(H,18,19)(H2,16,17,20). The van der Waals surface area contributed by atoms with E-state index >= 15 is 0 Å². The van der Waals surface area contributed by atoms with Crippen LogP contribution in [-0.2, 0) is 6.54 Å². The van der Waals surface area contributed by atoms with Crippen LogP contribution >= 0.6 is 38.9 Å². The third kappa shape index (κ3) is 4.73. The van der Waals surface area contributed by atoms with E-state index < -0.39 is 12.0 Å². The molecule has 3 N–H and O–H groups in total. The Bertz CT molecular complexity index is 690. The molecule has 0 unspecified atom stereocenters. The van der Waals surface area contributed by atoms with Crippen LogP contribution in [0.2, 0.25) is 4.34 Å². The van der Waals surface area contributed by atoms with Gasteiger partial charge in [-0.15, -0.1) is 11.3 Å². The first-order valence-corrected chi connectivity index (χ1v) is 7.76. The Kier molecular flexibility index (Phi) is 5.22. The fourth-order valence-corrected chi connectivity index (χ4v) is 3.10. The summed E-state index contributed by atoms with van der Waals surface area (Å²) in [5.41, 5.74) is 0.480. The largest absolute Gasteiger partial charge is 0.478 e. The van der Waals surface area contributed by atoms with Gasteiger partial charge in [0.25, 0.3) is 0 Å². The van der Waals surface area contributed by atoms with E-state index in [1.807, 2.05) is 6.07 Å². The van der Waals surface area contributed by atoms with Gasteiger partial charge in [0, 0.05) is 15.0 Å². The third-order valence-electron chi connectivity index (χ3n) is 2.45. The fourth-order valence-electron chi connectivity index (χ4n) is 1.57. The number of carboxylic acid groups (broad SMARTS) is 1. The van der Waals surface area contributed by atoms with Crippen LogP contribution in [0.1, 0.15) is 15.2 Å². The Hall–Kier alpha value is -1.57. The van der Waals surface area contributed by atoms with Crippen molar-refractivity contribution in [2.24, 2.45) is 0 Å². The monoisotopic (exact) mass is 388 g/mol. The second-order valence-electron chi connectivity index (χ2n) is 4.05. The molecule has 21 heavy (non-hydrogen) atoms. The molecule has 2 rings (SSSR count). The number of amides is 2. The molecule has 0 aliphatic carbocycles. The zero-order valence-electron chi connectivity index (χ0n) is 10.5. The van der Waals surface area contributed by atoms with E-state index in [0.717, 1.165) is 4.88 Å². The maximum Gasteiger partial charge on any atom is 0.335 e. The number of carboxylic acids is 1. The minimum Gasteiger partial charge on any atom is -0.478 e. The Morgan fingerprint density at radius 3 is 2.67 bits per heavy atom. The van der Waals surface area contributed by atoms with E-state index in [1.165, 1.54) is 23.5 Å². The number of carbonyl (C=O) groups excluding carboxylic acids is 1. The molecule has 0 fully saturated rings. The maximum absolute atomic E-state index is 11.8. The molecule has 0 spiro atoms. The van der Waals surface area contributed by atoms with Gasteiger partial charge in [0.15, 0.2) is 0 Å². The molecule has 0 saturated heterocycles. The second kappa shape index (κ2) is 6.93. The minimum absolute atomic E-state index is 0.0877. The first kappa shape index (κ1) is 15.8. The average molecular weight is 390 g/mol. The number of urea groups is 1. The van der Waals surface area contributed by atoms with Crippen LogP contribution in [0.4, 0.5) is 10.5 Å². The van der Waals surface area contributed by atoms with Gasteiger partial charge in [-0.3, -0.25) is 0 Å². The van der Waals surface area contributed by atoms with Crippen LogP contribution in [0.3, 0.4) is 0 Å². The lowest BCUT2D eigenvalue weighted by Gasteiger charge is -2.08. The number of halogens is 2. The van der Waals surface area contributed by atoms with Crippen molar-refractivity contribution in [3.8, 4) is 0 Å². The van der Waals surface area contributed by atoms with Gasteiger partial charge in [-0.05, 0) is 30.3 Å². The summed E-state index contributed by atoms with van der Waals surface area (Å²) in [6.07, 6.45) is 0. The summed E-state index contributed by atoms with van der Waals surface area (Å²) in [6.45, 7) is 0.350. The molecule has 0 aliphatic rings. The van der Waals surface area contributed by atoms with E-state index in [-0.39, 0.29) is 5.56 Å². The van der Waals surface area contributed by atoms with Crippen molar-refractivity contribution in [1.29, 1.82) is 0 Å². The molecular formula is C13H10BrClN2O3S. The summed E-state index contributed by atoms with van der Waals surface area (Å²) < 4.78 is 1.23. The SMILES string of the molecule is O=C(NCc1ccc(Cl)s1)Nc1cc(Br)cc(C(=O)O)c1. The highest BCUT2D eigenvalue weighted by Gasteiger charge is 2.08. The quantitative estimate of drug-likeness (QED) is 0.734. The number of nitrogens with one attached hydrogen (secondary N) is 2. The predicted molar refractivity (Wildman–Crippen MR) is 86.3 cm³/mol. The summed E-state index contributed by atoms with van der Waals surface area (Å²) in [7, 11) is 0. The third-order valence-corrected chi connectivity index (χ3v) is 4.14. The highest BCUT2D eigenvalue weighted by atomic mass is 79.9. The van der Waals surface area contributed by atoms with E-state index in [9.17, 15) is 9.59 Å². The number of hydrogen-bond acceptors (Lipinski definition) is 3. The molecule has 2 amide bonds. The van der Waals surface area contributed by atoms with Crippen molar-refractivity contribution in [2.45, 2.75) is 6.54 Å². The van der Waals surface area contributed by atoms with Gasteiger partial charge in [0.05, 0.1) is 16.4 Å². The van der Waals surface area contributed by atoms with Crippen molar-refractivity contribution in [3.05, 3.63) is 49.6 Å². The number of anilines is 1. The molecule has 0 saturated carbocycles. The van der Waals surface area contributed by atoms with Crippen LogP contribution in [-0.4, -0.2) is 17.1 Å². The van der Waals surface area contributed by atoms with Crippen LogP contribution in [0, 0.1) is 0 Å². The van der Waals surface area contributed by atoms with Gasteiger partial charge in [-0.25, -0.2) is 9.59 Å². The zero-order chi connectivity index (χ0) is 15.4. The van der Waals surface area contributed by atoms with Gasteiger partial charge in [0.2, 0.25) is 0 Å². The second-order valence-corrected chi connectivity index (χ2v) is 6.76. The number of carbonyl (C=O) groups is 2. The molecular weight excluding hydrogens is 380 g/mol. The van der Waals surface area contributed by atoms with Crippen molar-refractivity contribution in [2.75, 3.05) is 5.32 Å². The lowest BCUT2D eigenvalue weighted by Crippen LogP contribution is -2.27. The smallest absolute Gasteiger partial charge is 0.335 e. The van der Waals surface area contributed by atoms with Crippen LogP contribution in [0.15, 0.2) is 34.8 Å². The van der Waals surface area contributed by atoms with Crippen molar-refractivity contribution in [1.82, 2.24) is 5.32 Å². The van der Waals surface area contributed by atoms with E-state index in [2.05, 4.69) is 26.6 Å². The highest BCUT2D eigenvalue weighted by molar-refractivity contribution is 9.10. The number of thiophene rings is 1. The van der Waals surface area contributed by atoms with Crippen molar-refractivity contribution < 1.29 is 14.7 Å². The van der Waals surface area contributed by atoms with Crippen molar-refractivity contribution in [3.63, 3.8) is 0 Å². The summed E-state index contributed by atoms with van der Waals surface area (Å²) in [4.78, 5) is 23.6. The molecule has 2 aromatic rings. The molecule has 0 atom stereocenters. The first-order valence-electron chi connectivity index (χ1n) is 5.77. The molecule has 0 aliphatic heterocycles. The molecule has 0 radical (unpaired) electrons. The molecule has 1 aromatic carbocycles. The Labute approximate surface area is 138 Å². The topological polar surface area (TPSA) is 78.4 Å². The van der Waals surface area contributed by atoms with E-state index in [4.69, 9.17) is 16.7 Å². The summed E-state index contributed by atoms with van der Waals surface area (Å²) in [5.74, 6) is -1.06. The highest BCUT2D eigenvalue weighted by Crippen LogP contribution is 2.21. The number of benzene rings is 1. The predicted octanol–water partition coefficient (Wildman–Crippen LogP) is 4.18. The van der Waals surface area contributed by atoms with Crippen LogP contribution < -0.4 is 10.6 Å². The number of hydrogen-bond donors (Lipinski definition) is 3. The Morgan fingerprint density at radius 2 is 2.05 bits per heavy atom. The van der Waals surface area contributed by atoms with Gasteiger partial charge in [-0.1, -0.05) is 27.5 Å². The minimum atomic E-state index is -1.06. The first-order chi connectivity index (χ1) is 9.94. The van der Waals surface area contributed by atoms with Crippen LogP contribution in [0.25, 0.3) is 0 Å². The number of aromatic carboxylic acids is 1. The fraction of sp³-hybridized carbons (Fsp3) is 0.0769. The normalized spacial score (nSPS) is 10.2. The van der Waals surface area contributed by atoms with E-state index in [0.29, 0.717) is 21.0 Å². The van der Waals surface area contributed by atoms with Crippen molar-refractivity contribution >= 4 is 56.6 Å². The van der Waals surface area contributed by atoms with Gasteiger partial charge >= 0.3 is 12.0 Å². The maximum atomic E-state index is 11.8. The van der Waals surface area contributed by atoms with Crippen LogP contribution in [0.5, 0.6) is 0 Å².